The van der Waals surface area contributed by atoms with Crippen molar-refractivity contribution in [3.8, 4) is 5.75 Å². The molecule has 0 atom stereocenters. The van der Waals surface area contributed by atoms with Crippen LogP contribution in [0.1, 0.15) is 13.8 Å². The molecule has 1 aromatic carbocycles. The van der Waals surface area contributed by atoms with E-state index in [4.69, 9.17) is 4.74 Å². The average Bonchev–Trinajstić information content (AvgIpc) is 2.05. The first kappa shape index (κ1) is 8.91. The molecule has 0 aliphatic heterocycles. The zero-order valence-corrected chi connectivity index (χ0v) is 7.50. The molecule has 0 fully saturated rings. The van der Waals surface area contributed by atoms with Gasteiger partial charge in [-0.25, -0.2) is 0 Å². The Labute approximate surface area is 73.6 Å². The van der Waals surface area contributed by atoms with Crippen LogP contribution in [-0.2, 0) is 0 Å². The summed E-state index contributed by atoms with van der Waals surface area (Å²) in [6.45, 7) is 4.01. The fraction of sp³-hybridized carbons (Fsp3) is 0.300. The van der Waals surface area contributed by atoms with Gasteiger partial charge in [-0.05, 0) is 38.1 Å². The first-order chi connectivity index (χ1) is 5.72. The first-order valence-electron chi connectivity index (χ1n) is 4.02. The van der Waals surface area contributed by atoms with E-state index < -0.39 is 0 Å². The Hall–Kier alpha value is -1.18. The molecule has 0 aliphatic rings. The van der Waals surface area contributed by atoms with E-state index in [1.54, 1.807) is 0 Å². The van der Waals surface area contributed by atoms with Crippen molar-refractivity contribution in [3.63, 3.8) is 0 Å². The van der Waals surface area contributed by atoms with Crippen LogP contribution in [0.4, 0.5) is 5.69 Å². The van der Waals surface area contributed by atoms with Gasteiger partial charge in [-0.3, -0.25) is 0 Å². The Morgan fingerprint density at radius 2 is 1.83 bits per heavy atom. The molecule has 0 spiro atoms. The van der Waals surface area contributed by atoms with Crippen molar-refractivity contribution in [1.29, 1.82) is 0 Å². The van der Waals surface area contributed by atoms with Crippen LogP contribution in [0.2, 0.25) is 0 Å². The smallest absolute Gasteiger partial charge is 0.119 e. The van der Waals surface area contributed by atoms with Gasteiger partial charge in [0.05, 0.1) is 6.10 Å². The van der Waals surface area contributed by atoms with Crippen molar-refractivity contribution >= 4 is 5.69 Å². The summed E-state index contributed by atoms with van der Waals surface area (Å²) in [5, 5.41) is 2.80. The highest BCUT2D eigenvalue weighted by atomic mass is 16.5. The van der Waals surface area contributed by atoms with E-state index in [9.17, 15) is 0 Å². The number of hydrogen-bond donors (Lipinski definition) is 1. The normalized spacial score (nSPS) is 10.0. The predicted octanol–water partition coefficient (Wildman–Crippen LogP) is 2.68. The monoisotopic (exact) mass is 164 g/mol. The summed E-state index contributed by atoms with van der Waals surface area (Å²) in [5.74, 6) is 0.893. The van der Waals surface area contributed by atoms with Gasteiger partial charge in [-0.2, -0.15) is 0 Å². The third-order valence-electron chi connectivity index (χ3n) is 1.43. The number of rotatable bonds is 3. The molecule has 12 heavy (non-hydrogen) atoms. The molecule has 65 valence electrons. The van der Waals surface area contributed by atoms with Gasteiger partial charge in [-0.1, -0.05) is 0 Å². The molecule has 0 aliphatic carbocycles. The van der Waals surface area contributed by atoms with Crippen LogP contribution in [0.3, 0.4) is 0 Å². The Balaban J connectivity index is 2.65. The van der Waals surface area contributed by atoms with Gasteiger partial charge in [0.15, 0.2) is 0 Å². The van der Waals surface area contributed by atoms with Gasteiger partial charge in [0, 0.05) is 12.7 Å². The topological polar surface area (TPSA) is 21.3 Å². The molecule has 2 heteroatoms. The predicted molar refractivity (Wildman–Crippen MR) is 51.2 cm³/mol. The SMILES string of the molecule is [CH2]Nc1ccc(OC(C)C)cc1. The standard InChI is InChI=1S/C10H14NO/c1-8(2)12-10-6-4-9(11-3)5-7-10/h4-8,11H,3H2,1-2H3. The molecule has 1 N–H and O–H groups in total. The van der Waals surface area contributed by atoms with E-state index in [0.29, 0.717) is 0 Å². The minimum absolute atomic E-state index is 0.226. The Morgan fingerprint density at radius 3 is 2.25 bits per heavy atom. The average molecular weight is 164 g/mol. The van der Waals surface area contributed by atoms with E-state index in [2.05, 4.69) is 12.4 Å². The van der Waals surface area contributed by atoms with Crippen LogP contribution in [0.15, 0.2) is 24.3 Å². The van der Waals surface area contributed by atoms with Crippen molar-refractivity contribution in [2.45, 2.75) is 20.0 Å². The third-order valence-corrected chi connectivity index (χ3v) is 1.43. The molecule has 0 saturated heterocycles. The van der Waals surface area contributed by atoms with Crippen molar-refractivity contribution < 1.29 is 4.74 Å². The van der Waals surface area contributed by atoms with Crippen molar-refractivity contribution in [2.75, 3.05) is 5.32 Å². The molecule has 0 amide bonds. The van der Waals surface area contributed by atoms with Crippen molar-refractivity contribution in [3.05, 3.63) is 31.3 Å². The summed E-state index contributed by atoms with van der Waals surface area (Å²) in [5.41, 5.74) is 0.992. The lowest BCUT2D eigenvalue weighted by Crippen LogP contribution is -2.05. The Morgan fingerprint density at radius 1 is 1.25 bits per heavy atom. The minimum atomic E-state index is 0.226. The highest BCUT2D eigenvalue weighted by molar-refractivity contribution is 5.46. The summed E-state index contributed by atoms with van der Waals surface area (Å²) in [4.78, 5) is 0. The third kappa shape index (κ3) is 2.46. The fourth-order valence-electron chi connectivity index (χ4n) is 0.924. The highest BCUT2D eigenvalue weighted by Crippen LogP contribution is 2.16. The fourth-order valence-corrected chi connectivity index (χ4v) is 0.924. The summed E-state index contributed by atoms with van der Waals surface area (Å²) in [6, 6.07) is 7.72. The zero-order valence-electron chi connectivity index (χ0n) is 7.50. The maximum Gasteiger partial charge on any atom is 0.119 e. The number of nitrogens with one attached hydrogen (secondary N) is 1. The lowest BCUT2D eigenvalue weighted by Gasteiger charge is -2.09. The molecule has 0 bridgehead atoms. The van der Waals surface area contributed by atoms with Crippen LogP contribution in [-0.4, -0.2) is 6.10 Å². The minimum Gasteiger partial charge on any atom is -0.491 e. The molecule has 0 aromatic heterocycles. The summed E-state index contributed by atoms with van der Waals surface area (Å²) >= 11 is 0. The van der Waals surface area contributed by atoms with E-state index in [0.717, 1.165) is 11.4 Å². The number of ether oxygens (including phenoxy) is 1. The van der Waals surface area contributed by atoms with E-state index in [1.807, 2.05) is 38.1 Å². The summed E-state index contributed by atoms with van der Waals surface area (Å²) in [6.07, 6.45) is 0.226. The van der Waals surface area contributed by atoms with Gasteiger partial charge < -0.3 is 10.1 Å². The van der Waals surface area contributed by atoms with Crippen molar-refractivity contribution in [2.24, 2.45) is 0 Å². The molecule has 1 aromatic rings. The van der Waals surface area contributed by atoms with Gasteiger partial charge in [-0.15, -0.1) is 0 Å². The molecule has 0 saturated carbocycles. The molecule has 0 heterocycles. The summed E-state index contributed by atoms with van der Waals surface area (Å²) in [7, 11) is 3.56. The zero-order chi connectivity index (χ0) is 8.97. The first-order valence-corrected chi connectivity index (χ1v) is 4.02. The van der Waals surface area contributed by atoms with Crippen LogP contribution in [0.5, 0.6) is 5.75 Å². The second-order valence-electron chi connectivity index (χ2n) is 2.87. The Bertz CT molecular complexity index is 228. The molecule has 1 rings (SSSR count). The highest BCUT2D eigenvalue weighted by Gasteiger charge is 1.95. The Kier molecular flexibility index (Phi) is 2.97. The maximum atomic E-state index is 5.47. The van der Waals surface area contributed by atoms with Crippen LogP contribution < -0.4 is 10.1 Å². The van der Waals surface area contributed by atoms with Gasteiger partial charge in [0.25, 0.3) is 0 Å². The van der Waals surface area contributed by atoms with Gasteiger partial charge in [0.1, 0.15) is 5.75 Å². The van der Waals surface area contributed by atoms with Crippen LogP contribution >= 0.6 is 0 Å². The quantitative estimate of drug-likeness (QED) is 0.741. The lowest BCUT2D eigenvalue weighted by molar-refractivity contribution is 0.242. The van der Waals surface area contributed by atoms with E-state index in [-0.39, 0.29) is 6.10 Å². The van der Waals surface area contributed by atoms with Crippen LogP contribution in [0.25, 0.3) is 0 Å². The molecule has 1 radical (unpaired) electrons. The largest absolute Gasteiger partial charge is 0.491 e. The van der Waals surface area contributed by atoms with Gasteiger partial charge >= 0.3 is 0 Å². The molecular weight excluding hydrogens is 150 g/mol. The molecular formula is C10H14NO. The molecule has 0 unspecified atom stereocenters. The lowest BCUT2D eigenvalue weighted by atomic mass is 10.3. The maximum absolute atomic E-state index is 5.47. The van der Waals surface area contributed by atoms with Crippen molar-refractivity contribution in [1.82, 2.24) is 0 Å². The van der Waals surface area contributed by atoms with Gasteiger partial charge in [0.2, 0.25) is 0 Å². The second kappa shape index (κ2) is 4.00. The number of benzene rings is 1. The molecule has 2 nitrogen and oxygen atoms in total. The number of anilines is 1. The summed E-state index contributed by atoms with van der Waals surface area (Å²) < 4.78 is 5.47. The van der Waals surface area contributed by atoms with E-state index >= 15 is 0 Å². The number of hydrogen-bond acceptors (Lipinski definition) is 2. The van der Waals surface area contributed by atoms with E-state index in [1.165, 1.54) is 0 Å². The van der Waals surface area contributed by atoms with Crippen LogP contribution in [0, 0.1) is 7.05 Å². The second-order valence-corrected chi connectivity index (χ2v) is 2.87.